The molecule has 0 aromatic heterocycles. The van der Waals surface area contributed by atoms with E-state index in [9.17, 15) is 10.1 Å². The molecule has 4 rings (SSSR count). The van der Waals surface area contributed by atoms with Crippen LogP contribution in [0.2, 0.25) is 0 Å². The van der Waals surface area contributed by atoms with E-state index in [4.69, 9.17) is 9.47 Å². The number of likely N-dealkylation sites (tertiary alicyclic amines) is 1. The molecule has 0 atom stereocenters. The van der Waals surface area contributed by atoms with E-state index in [0.29, 0.717) is 30.2 Å². The molecule has 0 radical (unpaired) electrons. The second-order valence-corrected chi connectivity index (χ2v) is 9.01. The van der Waals surface area contributed by atoms with Gasteiger partial charge < -0.3 is 20.1 Å². The van der Waals surface area contributed by atoms with Crippen molar-refractivity contribution >= 4 is 22.5 Å². The second-order valence-electron chi connectivity index (χ2n) is 9.01. The highest BCUT2D eigenvalue weighted by Crippen LogP contribution is 2.32. The van der Waals surface area contributed by atoms with E-state index in [2.05, 4.69) is 21.6 Å². The van der Waals surface area contributed by atoms with Gasteiger partial charge in [-0.1, -0.05) is 43.7 Å². The number of hydrogen-bond acceptors (Lipinski definition) is 5. The Kier molecular flexibility index (Phi) is 9.01. The van der Waals surface area contributed by atoms with Crippen molar-refractivity contribution in [2.75, 3.05) is 38.1 Å². The van der Waals surface area contributed by atoms with Crippen LogP contribution in [0, 0.1) is 11.3 Å². The normalized spacial score (nSPS) is 13.7. The minimum Gasteiger partial charge on any atom is -0.492 e. The van der Waals surface area contributed by atoms with E-state index >= 15 is 0 Å². The van der Waals surface area contributed by atoms with Crippen LogP contribution in [-0.2, 0) is 6.61 Å². The highest BCUT2D eigenvalue weighted by atomic mass is 16.5. The molecule has 2 N–H and O–H groups in total. The zero-order valence-corrected chi connectivity index (χ0v) is 20.9. The van der Waals surface area contributed by atoms with Gasteiger partial charge in [0.1, 0.15) is 24.7 Å². The maximum absolute atomic E-state index is 12.2. The number of nitrogens with zero attached hydrogens (tertiary/aromatic N) is 2. The molecule has 36 heavy (non-hydrogen) atoms. The number of piperidine rings is 1. The molecule has 0 spiro atoms. The monoisotopic (exact) mass is 486 g/mol. The van der Waals surface area contributed by atoms with Gasteiger partial charge in [-0.25, -0.2) is 4.79 Å². The minimum absolute atomic E-state index is 0.229. The van der Waals surface area contributed by atoms with Crippen molar-refractivity contribution in [3.05, 3.63) is 65.7 Å². The lowest BCUT2D eigenvalue weighted by Gasteiger charge is -2.26. The molecule has 1 heterocycles. The fourth-order valence-corrected chi connectivity index (χ4v) is 4.42. The van der Waals surface area contributed by atoms with Crippen LogP contribution in [0.1, 0.15) is 43.7 Å². The molecule has 0 unspecified atom stereocenters. The molecule has 2 amide bonds. The first kappa shape index (κ1) is 25.3. The first-order valence-corrected chi connectivity index (χ1v) is 12.8. The Morgan fingerprint density at radius 3 is 2.61 bits per heavy atom. The number of fused-ring (bicyclic) bond motifs is 1. The lowest BCUT2D eigenvalue weighted by molar-refractivity contribution is 0.183. The summed E-state index contributed by atoms with van der Waals surface area (Å²) in [6.07, 6.45) is 4.71. The zero-order chi connectivity index (χ0) is 25.2. The Labute approximate surface area is 213 Å². The van der Waals surface area contributed by atoms with Crippen LogP contribution >= 0.6 is 0 Å². The third-order valence-corrected chi connectivity index (χ3v) is 6.38. The maximum atomic E-state index is 12.2. The quantitative estimate of drug-likeness (QED) is 0.385. The maximum Gasteiger partial charge on any atom is 0.319 e. The van der Waals surface area contributed by atoms with E-state index in [1.165, 1.54) is 19.3 Å². The summed E-state index contributed by atoms with van der Waals surface area (Å²) in [5.74, 6) is 1.39. The van der Waals surface area contributed by atoms with Crippen molar-refractivity contribution in [1.29, 1.82) is 5.26 Å². The number of hydrogen-bond donors (Lipinski definition) is 2. The topological polar surface area (TPSA) is 86.6 Å². The zero-order valence-electron chi connectivity index (χ0n) is 20.9. The third-order valence-electron chi connectivity index (χ3n) is 6.38. The van der Waals surface area contributed by atoms with Crippen LogP contribution in [0.5, 0.6) is 11.5 Å². The molecule has 0 saturated carbocycles. The lowest BCUT2D eigenvalue weighted by Crippen LogP contribution is -2.33. The number of carbonyl (C=O) groups excluding carboxylic acids is 1. The molecule has 1 aliphatic heterocycles. The van der Waals surface area contributed by atoms with Crippen LogP contribution in [-0.4, -0.2) is 43.7 Å². The van der Waals surface area contributed by atoms with Crippen molar-refractivity contribution in [2.24, 2.45) is 0 Å². The van der Waals surface area contributed by atoms with Gasteiger partial charge in [0, 0.05) is 29.4 Å². The molecular weight excluding hydrogens is 452 g/mol. The number of benzene rings is 3. The van der Waals surface area contributed by atoms with Gasteiger partial charge in [0.05, 0.1) is 17.3 Å². The molecule has 0 aliphatic carbocycles. The summed E-state index contributed by atoms with van der Waals surface area (Å²) in [6.45, 7) is 6.69. The van der Waals surface area contributed by atoms with Crippen LogP contribution < -0.4 is 20.1 Å². The number of nitrogens with one attached hydrogen (secondary N) is 2. The average Bonchev–Trinajstić information content (AvgIpc) is 2.92. The molecule has 7 heteroatoms. The van der Waals surface area contributed by atoms with E-state index in [1.807, 2.05) is 55.5 Å². The molecule has 1 aliphatic rings. The third kappa shape index (κ3) is 6.67. The van der Waals surface area contributed by atoms with Gasteiger partial charge >= 0.3 is 6.03 Å². The molecule has 1 fully saturated rings. The van der Waals surface area contributed by atoms with E-state index in [-0.39, 0.29) is 12.6 Å². The predicted molar refractivity (Wildman–Crippen MR) is 143 cm³/mol. The first-order valence-electron chi connectivity index (χ1n) is 12.8. The van der Waals surface area contributed by atoms with Crippen LogP contribution in [0.25, 0.3) is 10.8 Å². The summed E-state index contributed by atoms with van der Waals surface area (Å²) in [6, 6.07) is 19.1. The van der Waals surface area contributed by atoms with Crippen molar-refractivity contribution in [2.45, 2.75) is 39.2 Å². The molecule has 0 bridgehead atoms. The van der Waals surface area contributed by atoms with Crippen LogP contribution in [0.3, 0.4) is 0 Å². The Morgan fingerprint density at radius 2 is 1.83 bits per heavy atom. The average molecular weight is 487 g/mol. The van der Waals surface area contributed by atoms with Gasteiger partial charge in [-0.3, -0.25) is 4.90 Å². The Morgan fingerprint density at radius 1 is 1.03 bits per heavy atom. The van der Waals surface area contributed by atoms with Gasteiger partial charge in [0.2, 0.25) is 0 Å². The largest absolute Gasteiger partial charge is 0.492 e. The summed E-state index contributed by atoms with van der Waals surface area (Å²) < 4.78 is 12.1. The smallest absolute Gasteiger partial charge is 0.319 e. The first-order chi connectivity index (χ1) is 17.7. The summed E-state index contributed by atoms with van der Waals surface area (Å²) in [4.78, 5) is 14.6. The van der Waals surface area contributed by atoms with Gasteiger partial charge in [0.25, 0.3) is 0 Å². The molecule has 3 aromatic carbocycles. The van der Waals surface area contributed by atoms with Gasteiger partial charge in [-0.2, -0.15) is 5.26 Å². The fraction of sp³-hybridized carbons (Fsp3) is 0.379. The Balaban J connectivity index is 1.40. The summed E-state index contributed by atoms with van der Waals surface area (Å²) >= 11 is 0. The molecule has 7 nitrogen and oxygen atoms in total. The standard InChI is InChI=1S/C29H34N4O3/c1-2-14-31-29(34)32-27-12-13-28(26-9-5-4-8-25(26)27)36-21-22-10-11-24(19-23(22)20-30)35-18-17-33-15-6-3-7-16-33/h4-5,8-13,19H,2-3,6-7,14-18,21H2,1H3,(H2,31,32,34). The van der Waals surface area contributed by atoms with Crippen molar-refractivity contribution in [3.8, 4) is 17.6 Å². The molecule has 3 aromatic rings. The predicted octanol–water partition coefficient (Wildman–Crippen LogP) is 5.69. The van der Waals surface area contributed by atoms with Crippen molar-refractivity contribution in [3.63, 3.8) is 0 Å². The van der Waals surface area contributed by atoms with Crippen LogP contribution in [0.15, 0.2) is 54.6 Å². The molecule has 188 valence electrons. The molecule has 1 saturated heterocycles. The summed E-state index contributed by atoms with van der Waals surface area (Å²) in [5, 5.41) is 17.2. The second kappa shape index (κ2) is 12.8. The summed E-state index contributed by atoms with van der Waals surface area (Å²) in [5.41, 5.74) is 2.06. The van der Waals surface area contributed by atoms with E-state index in [0.717, 1.165) is 48.1 Å². The fourth-order valence-electron chi connectivity index (χ4n) is 4.42. The highest BCUT2D eigenvalue weighted by molar-refractivity contribution is 6.03. The number of nitriles is 1. The SMILES string of the molecule is CCCNC(=O)Nc1ccc(OCc2ccc(OCCN3CCCCC3)cc2C#N)c2ccccc12. The van der Waals surface area contributed by atoms with E-state index in [1.54, 1.807) is 6.07 Å². The number of ether oxygens (including phenoxy) is 2. The van der Waals surface area contributed by atoms with Crippen molar-refractivity contribution in [1.82, 2.24) is 10.2 Å². The number of urea groups is 1. The molecular formula is C29H34N4O3. The minimum atomic E-state index is -0.229. The van der Waals surface area contributed by atoms with Gasteiger partial charge in [-0.15, -0.1) is 0 Å². The summed E-state index contributed by atoms with van der Waals surface area (Å²) in [7, 11) is 0. The lowest BCUT2D eigenvalue weighted by atomic mass is 10.1. The van der Waals surface area contributed by atoms with E-state index < -0.39 is 0 Å². The number of carbonyl (C=O) groups is 1. The number of rotatable bonds is 10. The van der Waals surface area contributed by atoms with Crippen molar-refractivity contribution < 1.29 is 14.3 Å². The van der Waals surface area contributed by atoms with Gasteiger partial charge in [0.15, 0.2) is 0 Å². The van der Waals surface area contributed by atoms with Crippen LogP contribution in [0.4, 0.5) is 10.5 Å². The number of anilines is 1. The Hall–Kier alpha value is -3.76. The van der Waals surface area contributed by atoms with Gasteiger partial charge in [-0.05, 0) is 56.6 Å². The highest BCUT2D eigenvalue weighted by Gasteiger charge is 2.12. The number of amides is 2. The Bertz CT molecular complexity index is 1210.